The van der Waals surface area contributed by atoms with E-state index >= 15 is 0 Å². The first-order valence-corrected chi connectivity index (χ1v) is 17.5. The third-order valence-electron chi connectivity index (χ3n) is 7.27. The third kappa shape index (κ3) is 9.17. The summed E-state index contributed by atoms with van der Waals surface area (Å²) in [6.45, 7) is 1.62. The van der Waals surface area contributed by atoms with Gasteiger partial charge in [-0.3, -0.25) is 13.9 Å². The van der Waals surface area contributed by atoms with Gasteiger partial charge >= 0.3 is 0 Å². The minimum absolute atomic E-state index is 0.0801. The second-order valence-electron chi connectivity index (χ2n) is 10.5. The van der Waals surface area contributed by atoms with E-state index in [0.717, 1.165) is 22.7 Å². The van der Waals surface area contributed by atoms with E-state index in [2.05, 4.69) is 5.32 Å². The first-order chi connectivity index (χ1) is 22.0. The first kappa shape index (κ1) is 35.6. The molecule has 0 saturated heterocycles. The SMILES string of the molecule is CCCCNC(=O)[C@@H](Cc1ccccc1)N(Cc1c(Cl)cccc1Cl)C(=O)CN(c1cccc(Cl)c1)S(=O)(=O)c1ccc(Cl)cc1. The normalized spacial score (nSPS) is 11.9. The van der Waals surface area contributed by atoms with Crippen LogP contribution in [0.2, 0.25) is 20.1 Å². The Balaban J connectivity index is 1.82. The predicted molar refractivity (Wildman–Crippen MR) is 186 cm³/mol. The van der Waals surface area contributed by atoms with E-state index in [1.807, 2.05) is 37.3 Å². The zero-order valence-corrected chi connectivity index (χ0v) is 28.8. The van der Waals surface area contributed by atoms with Gasteiger partial charge in [0.1, 0.15) is 12.6 Å². The van der Waals surface area contributed by atoms with E-state index in [-0.39, 0.29) is 34.5 Å². The fraction of sp³-hybridized carbons (Fsp3) is 0.235. The van der Waals surface area contributed by atoms with Crippen LogP contribution in [0.25, 0.3) is 0 Å². The molecule has 4 aromatic rings. The Hall–Kier alpha value is -3.27. The molecular formula is C34H33Cl4N3O4S. The second kappa shape index (κ2) is 16.5. The van der Waals surface area contributed by atoms with Gasteiger partial charge in [0.15, 0.2) is 0 Å². The molecule has 0 heterocycles. The number of anilines is 1. The average molecular weight is 722 g/mol. The van der Waals surface area contributed by atoms with Crippen molar-refractivity contribution >= 4 is 73.9 Å². The average Bonchev–Trinajstić information content (AvgIpc) is 3.03. The van der Waals surface area contributed by atoms with E-state index in [1.165, 1.54) is 35.2 Å². The van der Waals surface area contributed by atoms with Crippen molar-refractivity contribution in [2.45, 2.75) is 43.7 Å². The van der Waals surface area contributed by atoms with Gasteiger partial charge in [-0.15, -0.1) is 0 Å². The van der Waals surface area contributed by atoms with E-state index in [0.29, 0.717) is 27.2 Å². The maximum atomic E-state index is 14.5. The molecule has 0 unspecified atom stereocenters. The quantitative estimate of drug-likeness (QED) is 0.134. The van der Waals surface area contributed by atoms with Crippen molar-refractivity contribution in [2.75, 3.05) is 17.4 Å². The Labute approximate surface area is 290 Å². The summed E-state index contributed by atoms with van der Waals surface area (Å²) in [7, 11) is -4.31. The minimum atomic E-state index is -4.31. The number of halogens is 4. The van der Waals surface area contributed by atoms with E-state index in [1.54, 1.807) is 36.4 Å². The molecule has 1 N–H and O–H groups in total. The third-order valence-corrected chi connectivity index (χ3v) is 10.3. The minimum Gasteiger partial charge on any atom is -0.354 e. The van der Waals surface area contributed by atoms with Crippen LogP contribution in [0.4, 0.5) is 5.69 Å². The molecule has 12 heteroatoms. The molecule has 242 valence electrons. The number of sulfonamides is 1. The Bertz CT molecular complexity index is 1740. The van der Waals surface area contributed by atoms with Crippen molar-refractivity contribution in [3.63, 3.8) is 0 Å². The molecule has 4 rings (SSSR count). The summed E-state index contributed by atoms with van der Waals surface area (Å²) in [5.74, 6) is -1.04. The summed E-state index contributed by atoms with van der Waals surface area (Å²) < 4.78 is 29.2. The molecule has 0 aliphatic carbocycles. The van der Waals surface area contributed by atoms with Gasteiger partial charge in [-0.1, -0.05) is 102 Å². The van der Waals surface area contributed by atoms with Crippen LogP contribution in [-0.4, -0.2) is 44.3 Å². The molecule has 4 aromatic carbocycles. The van der Waals surface area contributed by atoms with Gasteiger partial charge in [0.25, 0.3) is 10.0 Å². The van der Waals surface area contributed by atoms with Crippen molar-refractivity contribution in [3.8, 4) is 0 Å². The lowest BCUT2D eigenvalue weighted by Gasteiger charge is -2.34. The largest absolute Gasteiger partial charge is 0.354 e. The molecule has 2 amide bonds. The fourth-order valence-corrected chi connectivity index (χ4v) is 7.04. The van der Waals surface area contributed by atoms with Gasteiger partial charge in [-0.05, 0) is 66.6 Å². The molecule has 0 bridgehead atoms. The fourth-order valence-electron chi connectivity index (χ4n) is 4.81. The molecule has 0 radical (unpaired) electrons. The summed E-state index contributed by atoms with van der Waals surface area (Å²) in [5, 5.41) is 4.18. The highest BCUT2D eigenvalue weighted by molar-refractivity contribution is 7.92. The Morgan fingerprint density at radius 2 is 1.46 bits per heavy atom. The molecule has 0 aromatic heterocycles. The van der Waals surface area contributed by atoms with Crippen molar-refractivity contribution < 1.29 is 18.0 Å². The maximum Gasteiger partial charge on any atom is 0.264 e. The number of amides is 2. The molecule has 46 heavy (non-hydrogen) atoms. The number of hydrogen-bond donors (Lipinski definition) is 1. The van der Waals surface area contributed by atoms with Crippen LogP contribution < -0.4 is 9.62 Å². The van der Waals surface area contributed by atoms with Crippen LogP contribution in [0, 0.1) is 0 Å². The molecule has 0 spiro atoms. The molecule has 1 atom stereocenters. The van der Waals surface area contributed by atoms with Crippen molar-refractivity contribution in [1.29, 1.82) is 0 Å². The molecule has 0 fully saturated rings. The van der Waals surface area contributed by atoms with Gasteiger partial charge in [-0.25, -0.2) is 8.42 Å². The topological polar surface area (TPSA) is 86.8 Å². The summed E-state index contributed by atoms with van der Waals surface area (Å²) in [4.78, 5) is 29.6. The summed E-state index contributed by atoms with van der Waals surface area (Å²) in [5.41, 5.74) is 1.40. The van der Waals surface area contributed by atoms with Gasteiger partial charge in [0.2, 0.25) is 11.8 Å². The summed E-state index contributed by atoms with van der Waals surface area (Å²) in [6, 6.07) is 25.0. The molecular weight excluding hydrogens is 688 g/mol. The lowest BCUT2D eigenvalue weighted by atomic mass is 10.0. The van der Waals surface area contributed by atoms with Crippen molar-refractivity contribution in [1.82, 2.24) is 10.2 Å². The van der Waals surface area contributed by atoms with Crippen LogP contribution in [0.3, 0.4) is 0 Å². The first-order valence-electron chi connectivity index (χ1n) is 14.6. The second-order valence-corrected chi connectivity index (χ2v) is 14.1. The van der Waals surface area contributed by atoms with Crippen molar-refractivity contribution in [3.05, 3.63) is 128 Å². The van der Waals surface area contributed by atoms with Gasteiger partial charge in [0.05, 0.1) is 10.6 Å². The van der Waals surface area contributed by atoms with E-state index < -0.39 is 28.5 Å². The van der Waals surface area contributed by atoms with Gasteiger partial charge < -0.3 is 10.2 Å². The van der Waals surface area contributed by atoms with Crippen LogP contribution in [0.15, 0.2) is 102 Å². The predicted octanol–water partition coefficient (Wildman–Crippen LogP) is 8.05. The summed E-state index contributed by atoms with van der Waals surface area (Å²) in [6.07, 6.45) is 1.77. The Morgan fingerprint density at radius 1 is 0.804 bits per heavy atom. The number of benzene rings is 4. The molecule has 0 aliphatic rings. The van der Waals surface area contributed by atoms with Crippen molar-refractivity contribution in [2.24, 2.45) is 0 Å². The van der Waals surface area contributed by atoms with Crippen LogP contribution in [-0.2, 0) is 32.6 Å². The monoisotopic (exact) mass is 719 g/mol. The van der Waals surface area contributed by atoms with Gasteiger partial charge in [-0.2, -0.15) is 0 Å². The Kier molecular flexibility index (Phi) is 12.8. The van der Waals surface area contributed by atoms with E-state index in [9.17, 15) is 18.0 Å². The molecule has 0 aliphatic heterocycles. The van der Waals surface area contributed by atoms with Crippen LogP contribution in [0.1, 0.15) is 30.9 Å². The van der Waals surface area contributed by atoms with E-state index in [4.69, 9.17) is 46.4 Å². The standard InChI is InChI=1S/C34H33Cl4N3O4S/c1-2-3-19-39-34(43)32(20-24-9-5-4-6-10-24)40(22-29-30(37)13-8-14-31(29)38)33(42)23-41(27-12-7-11-26(36)21-27)46(44,45)28-17-15-25(35)16-18-28/h4-18,21,32H,2-3,19-20,22-23H2,1H3,(H,39,43)/t32-/m1/s1. The number of nitrogens with zero attached hydrogens (tertiary/aromatic N) is 2. The number of unbranched alkanes of at least 4 members (excludes halogenated alkanes) is 1. The highest BCUT2D eigenvalue weighted by Crippen LogP contribution is 2.30. The molecule has 0 saturated carbocycles. The lowest BCUT2D eigenvalue weighted by Crippen LogP contribution is -2.53. The zero-order chi connectivity index (χ0) is 33.3. The lowest BCUT2D eigenvalue weighted by molar-refractivity contribution is -0.140. The Morgan fingerprint density at radius 3 is 2.09 bits per heavy atom. The summed E-state index contributed by atoms with van der Waals surface area (Å²) >= 11 is 25.4. The van der Waals surface area contributed by atoms with Gasteiger partial charge in [0, 0.05) is 45.2 Å². The highest BCUT2D eigenvalue weighted by atomic mass is 35.5. The molecule has 7 nitrogen and oxygen atoms in total. The number of carbonyl (C=O) groups excluding carboxylic acids is 2. The maximum absolute atomic E-state index is 14.5. The zero-order valence-electron chi connectivity index (χ0n) is 25.0. The smallest absolute Gasteiger partial charge is 0.264 e. The van der Waals surface area contributed by atoms with Crippen LogP contribution in [0.5, 0.6) is 0 Å². The number of carbonyl (C=O) groups is 2. The van der Waals surface area contributed by atoms with Crippen LogP contribution >= 0.6 is 46.4 Å². The number of rotatable bonds is 14. The number of hydrogen-bond acceptors (Lipinski definition) is 4. The number of nitrogens with one attached hydrogen (secondary N) is 1. The highest BCUT2D eigenvalue weighted by Gasteiger charge is 2.35.